The van der Waals surface area contributed by atoms with Crippen LogP contribution in [0.15, 0.2) is 0 Å². The fourth-order valence-corrected chi connectivity index (χ4v) is 1.88. The molecule has 5 heteroatoms. The van der Waals surface area contributed by atoms with E-state index < -0.39 is 6.43 Å². The van der Waals surface area contributed by atoms with Crippen LogP contribution in [-0.2, 0) is 6.42 Å². The molecule has 2 nitrogen and oxygen atoms in total. The SMILES string of the molecule is CC(C)(C)Cc1nnc(C(F)F)s1. The predicted molar refractivity (Wildman–Crippen MR) is 48.0 cm³/mol. The maximum absolute atomic E-state index is 12.1. The molecule has 1 rings (SSSR count). The van der Waals surface area contributed by atoms with Crippen molar-refractivity contribution >= 4 is 11.3 Å². The predicted octanol–water partition coefficient (Wildman–Crippen LogP) is 3.06. The molecule has 0 saturated carbocycles. The van der Waals surface area contributed by atoms with Crippen LogP contribution < -0.4 is 0 Å². The van der Waals surface area contributed by atoms with Gasteiger partial charge < -0.3 is 0 Å². The highest BCUT2D eigenvalue weighted by atomic mass is 32.1. The van der Waals surface area contributed by atoms with Crippen molar-refractivity contribution in [3.8, 4) is 0 Å². The standard InChI is InChI=1S/C8H12F2N2S/c1-8(2,3)4-5-11-12-7(13-5)6(9)10/h6H,4H2,1-3H3. The van der Waals surface area contributed by atoms with Gasteiger partial charge in [0, 0.05) is 6.42 Å². The fraction of sp³-hybridized carbons (Fsp3) is 0.750. The van der Waals surface area contributed by atoms with Crippen molar-refractivity contribution in [3.63, 3.8) is 0 Å². The fourth-order valence-electron chi connectivity index (χ4n) is 0.880. The summed E-state index contributed by atoms with van der Waals surface area (Å²) in [4.78, 5) is 0. The van der Waals surface area contributed by atoms with Crippen LogP contribution in [0.5, 0.6) is 0 Å². The van der Waals surface area contributed by atoms with E-state index >= 15 is 0 Å². The number of nitrogens with zero attached hydrogens (tertiary/aromatic N) is 2. The summed E-state index contributed by atoms with van der Waals surface area (Å²) < 4.78 is 24.2. The third-order valence-corrected chi connectivity index (χ3v) is 2.28. The molecular formula is C8H12F2N2S. The van der Waals surface area contributed by atoms with Crippen LogP contribution in [0.3, 0.4) is 0 Å². The summed E-state index contributed by atoms with van der Waals surface area (Å²) in [5.41, 5.74) is 0.0684. The van der Waals surface area contributed by atoms with Gasteiger partial charge in [0.15, 0.2) is 5.01 Å². The first-order chi connectivity index (χ1) is 5.88. The first-order valence-electron chi connectivity index (χ1n) is 3.99. The molecule has 0 amide bonds. The Morgan fingerprint density at radius 2 is 1.92 bits per heavy atom. The summed E-state index contributed by atoms with van der Waals surface area (Å²) in [6, 6.07) is 0. The quantitative estimate of drug-likeness (QED) is 0.743. The average Bonchev–Trinajstić information content (AvgIpc) is 2.31. The van der Waals surface area contributed by atoms with Gasteiger partial charge in [-0.3, -0.25) is 0 Å². The maximum Gasteiger partial charge on any atom is 0.291 e. The first kappa shape index (κ1) is 10.5. The Morgan fingerprint density at radius 1 is 1.31 bits per heavy atom. The Hall–Kier alpha value is -0.580. The van der Waals surface area contributed by atoms with Crippen molar-refractivity contribution in [2.75, 3.05) is 0 Å². The summed E-state index contributed by atoms with van der Waals surface area (Å²) in [5, 5.41) is 7.63. The normalized spacial score (nSPS) is 12.5. The summed E-state index contributed by atoms with van der Waals surface area (Å²) in [5.74, 6) is 0. The van der Waals surface area contributed by atoms with Gasteiger partial charge in [0.25, 0.3) is 6.43 Å². The lowest BCUT2D eigenvalue weighted by Crippen LogP contribution is -2.08. The zero-order chi connectivity index (χ0) is 10.1. The molecule has 0 saturated heterocycles. The lowest BCUT2D eigenvalue weighted by atomic mass is 9.93. The summed E-state index contributed by atoms with van der Waals surface area (Å²) >= 11 is 0.996. The molecular weight excluding hydrogens is 194 g/mol. The molecule has 0 aliphatic carbocycles. The van der Waals surface area contributed by atoms with Crippen LogP contribution in [-0.4, -0.2) is 10.2 Å². The van der Waals surface area contributed by atoms with E-state index in [1.807, 2.05) is 20.8 Å². The van der Waals surface area contributed by atoms with E-state index in [2.05, 4.69) is 10.2 Å². The molecule has 0 atom stereocenters. The second-order valence-electron chi connectivity index (χ2n) is 4.07. The monoisotopic (exact) mass is 206 g/mol. The van der Waals surface area contributed by atoms with Gasteiger partial charge in [-0.15, -0.1) is 10.2 Å². The Balaban J connectivity index is 2.70. The topological polar surface area (TPSA) is 25.8 Å². The third-order valence-electron chi connectivity index (χ3n) is 1.35. The lowest BCUT2D eigenvalue weighted by molar-refractivity contribution is 0.150. The van der Waals surface area contributed by atoms with Gasteiger partial charge in [-0.1, -0.05) is 32.1 Å². The van der Waals surface area contributed by atoms with E-state index in [0.29, 0.717) is 11.4 Å². The van der Waals surface area contributed by atoms with Crippen LogP contribution >= 0.6 is 11.3 Å². The third kappa shape index (κ3) is 3.34. The molecule has 1 heterocycles. The molecule has 0 aliphatic heterocycles. The Kier molecular flexibility index (Phi) is 2.95. The summed E-state index contributed by atoms with van der Waals surface area (Å²) in [6.45, 7) is 6.11. The molecule has 74 valence electrons. The molecule has 1 aromatic rings. The highest BCUT2D eigenvalue weighted by Crippen LogP contribution is 2.27. The van der Waals surface area contributed by atoms with E-state index in [4.69, 9.17) is 0 Å². The van der Waals surface area contributed by atoms with Crippen molar-refractivity contribution in [3.05, 3.63) is 10.0 Å². The van der Waals surface area contributed by atoms with Gasteiger partial charge in [0.05, 0.1) is 0 Å². The average molecular weight is 206 g/mol. The highest BCUT2D eigenvalue weighted by molar-refractivity contribution is 7.11. The second kappa shape index (κ2) is 3.65. The van der Waals surface area contributed by atoms with E-state index in [0.717, 1.165) is 11.3 Å². The molecule has 13 heavy (non-hydrogen) atoms. The number of rotatable bonds is 2. The van der Waals surface area contributed by atoms with Crippen LogP contribution in [0.4, 0.5) is 8.78 Å². The molecule has 0 aromatic carbocycles. The van der Waals surface area contributed by atoms with E-state index in [9.17, 15) is 8.78 Å². The molecule has 0 spiro atoms. The zero-order valence-electron chi connectivity index (χ0n) is 7.84. The Labute approximate surface area is 80.0 Å². The number of hydrogen-bond donors (Lipinski definition) is 0. The van der Waals surface area contributed by atoms with Crippen LogP contribution in [0.25, 0.3) is 0 Å². The van der Waals surface area contributed by atoms with Gasteiger partial charge >= 0.3 is 0 Å². The minimum Gasteiger partial charge on any atom is -0.202 e. The second-order valence-corrected chi connectivity index (χ2v) is 5.17. The number of aromatic nitrogens is 2. The lowest BCUT2D eigenvalue weighted by Gasteiger charge is -2.14. The van der Waals surface area contributed by atoms with Crippen molar-refractivity contribution in [2.24, 2.45) is 5.41 Å². The van der Waals surface area contributed by atoms with E-state index in [1.54, 1.807) is 0 Å². The molecule has 0 bridgehead atoms. The van der Waals surface area contributed by atoms with Crippen LogP contribution in [0.2, 0.25) is 0 Å². The molecule has 0 N–H and O–H groups in total. The van der Waals surface area contributed by atoms with Crippen molar-refractivity contribution < 1.29 is 8.78 Å². The molecule has 0 fully saturated rings. The molecule has 1 aromatic heterocycles. The Morgan fingerprint density at radius 3 is 2.31 bits per heavy atom. The largest absolute Gasteiger partial charge is 0.291 e. The van der Waals surface area contributed by atoms with E-state index in [-0.39, 0.29) is 10.4 Å². The van der Waals surface area contributed by atoms with Crippen molar-refractivity contribution in [1.82, 2.24) is 10.2 Å². The minimum atomic E-state index is -2.49. The number of alkyl halides is 2. The Bertz CT molecular complexity index is 278. The first-order valence-corrected chi connectivity index (χ1v) is 4.80. The van der Waals surface area contributed by atoms with Gasteiger partial charge in [0.1, 0.15) is 5.01 Å². The van der Waals surface area contributed by atoms with Crippen LogP contribution in [0.1, 0.15) is 37.2 Å². The smallest absolute Gasteiger partial charge is 0.202 e. The summed E-state index contributed by atoms with van der Waals surface area (Å²) in [7, 11) is 0. The van der Waals surface area contributed by atoms with Gasteiger partial charge in [-0.25, -0.2) is 8.78 Å². The van der Waals surface area contributed by atoms with Gasteiger partial charge in [-0.05, 0) is 5.41 Å². The van der Waals surface area contributed by atoms with Crippen LogP contribution in [0, 0.1) is 5.41 Å². The summed E-state index contributed by atoms with van der Waals surface area (Å²) in [6.07, 6.45) is -1.80. The number of halogens is 2. The van der Waals surface area contributed by atoms with Gasteiger partial charge in [-0.2, -0.15) is 0 Å². The highest BCUT2D eigenvalue weighted by Gasteiger charge is 2.18. The van der Waals surface area contributed by atoms with Gasteiger partial charge in [0.2, 0.25) is 0 Å². The minimum absolute atomic E-state index is 0.0684. The molecule has 0 aliphatic rings. The maximum atomic E-state index is 12.1. The van der Waals surface area contributed by atoms with Crippen molar-refractivity contribution in [1.29, 1.82) is 0 Å². The molecule has 0 radical (unpaired) electrons. The molecule has 0 unspecified atom stereocenters. The van der Waals surface area contributed by atoms with Crippen molar-refractivity contribution in [2.45, 2.75) is 33.6 Å². The number of hydrogen-bond acceptors (Lipinski definition) is 3. The van der Waals surface area contributed by atoms with E-state index in [1.165, 1.54) is 0 Å². The zero-order valence-corrected chi connectivity index (χ0v) is 8.66.